The molecule has 0 amide bonds. The summed E-state index contributed by atoms with van der Waals surface area (Å²) in [6.07, 6.45) is 0.463. The molecule has 1 aromatic rings. The van der Waals surface area contributed by atoms with Gasteiger partial charge in [0.1, 0.15) is 12.4 Å². The van der Waals surface area contributed by atoms with Crippen LogP contribution >= 0.6 is 0 Å². The van der Waals surface area contributed by atoms with E-state index in [1.54, 1.807) is 30.3 Å². The second-order valence-electron chi connectivity index (χ2n) is 3.85. The highest BCUT2D eigenvalue weighted by atomic mass is 16.6. The summed E-state index contributed by atoms with van der Waals surface area (Å²) in [4.78, 5) is 20.8. The van der Waals surface area contributed by atoms with Crippen LogP contribution in [0.4, 0.5) is 0 Å². The minimum Gasteiger partial charge on any atom is -0.386 e. The number of carbonyl (C=O) groups is 1. The Labute approximate surface area is 99.2 Å². The number of hydrogen-bond donors (Lipinski definition) is 1. The molecule has 17 heavy (non-hydrogen) atoms. The minimum absolute atomic E-state index is 0.265. The van der Waals surface area contributed by atoms with E-state index in [1.807, 2.05) is 0 Å². The van der Waals surface area contributed by atoms with Gasteiger partial charge in [0, 0.05) is 16.9 Å². The maximum Gasteiger partial charge on any atom is 0.238 e. The third-order valence-electron chi connectivity index (χ3n) is 2.57. The lowest BCUT2D eigenvalue weighted by Gasteiger charge is -2.09. The van der Waals surface area contributed by atoms with Gasteiger partial charge in [-0.2, -0.15) is 0 Å². The van der Waals surface area contributed by atoms with Crippen LogP contribution < -0.4 is 0 Å². The molecular formula is C12H15NO4. The first kappa shape index (κ1) is 13.3. The van der Waals surface area contributed by atoms with E-state index in [4.69, 9.17) is 5.11 Å². The first-order valence-electron chi connectivity index (χ1n) is 5.47. The molecule has 1 N–H and O–H groups in total. The number of aliphatic hydroxyl groups is 1. The monoisotopic (exact) mass is 237 g/mol. The molecule has 0 fully saturated rings. The Morgan fingerprint density at radius 1 is 1.29 bits per heavy atom. The maximum atomic E-state index is 10.9. The molecule has 1 unspecified atom stereocenters. The number of benzene rings is 1. The van der Waals surface area contributed by atoms with Gasteiger partial charge in [0.25, 0.3) is 0 Å². The van der Waals surface area contributed by atoms with Crippen molar-refractivity contribution in [1.82, 2.24) is 0 Å². The topological polar surface area (TPSA) is 80.4 Å². The molecule has 1 aromatic carbocycles. The van der Waals surface area contributed by atoms with Crippen molar-refractivity contribution < 1.29 is 14.8 Å². The first-order valence-corrected chi connectivity index (χ1v) is 5.47. The van der Waals surface area contributed by atoms with Gasteiger partial charge in [-0.15, -0.1) is 0 Å². The van der Waals surface area contributed by atoms with Gasteiger partial charge in [-0.05, 0) is 12.8 Å². The number of hydrogen-bond acceptors (Lipinski definition) is 4. The zero-order chi connectivity index (χ0) is 12.7. The predicted octanol–water partition coefficient (Wildman–Crippen LogP) is 1.73. The van der Waals surface area contributed by atoms with Crippen molar-refractivity contribution in [1.29, 1.82) is 0 Å². The Hall–Kier alpha value is -1.75. The van der Waals surface area contributed by atoms with Crippen LogP contribution in [0.2, 0.25) is 0 Å². The summed E-state index contributed by atoms with van der Waals surface area (Å²) < 4.78 is 0. The summed E-state index contributed by atoms with van der Waals surface area (Å²) in [5.41, 5.74) is 0.651. The smallest absolute Gasteiger partial charge is 0.238 e. The van der Waals surface area contributed by atoms with E-state index >= 15 is 0 Å². The molecule has 5 nitrogen and oxygen atoms in total. The first-order chi connectivity index (χ1) is 8.15. The fourth-order valence-electron chi connectivity index (χ4n) is 1.66. The Morgan fingerprint density at radius 3 is 2.47 bits per heavy atom. The Morgan fingerprint density at radius 2 is 1.94 bits per heavy atom. The van der Waals surface area contributed by atoms with Crippen LogP contribution in [0.5, 0.6) is 0 Å². The number of nitrogens with zero attached hydrogens (tertiary/aromatic N) is 1. The minimum atomic E-state index is -1.02. The highest BCUT2D eigenvalue weighted by Crippen LogP contribution is 2.22. The van der Waals surface area contributed by atoms with Gasteiger partial charge in [0.15, 0.2) is 0 Å². The van der Waals surface area contributed by atoms with Crippen LogP contribution in [0, 0.1) is 10.1 Å². The lowest BCUT2D eigenvalue weighted by molar-refractivity contribution is -0.530. The summed E-state index contributed by atoms with van der Waals surface area (Å²) in [7, 11) is 0. The van der Waals surface area contributed by atoms with E-state index in [1.165, 1.54) is 0 Å². The highest BCUT2D eigenvalue weighted by molar-refractivity contribution is 5.55. The lowest BCUT2D eigenvalue weighted by atomic mass is 10.0. The van der Waals surface area contributed by atoms with Crippen molar-refractivity contribution in [3.05, 3.63) is 46.0 Å². The molecule has 0 saturated heterocycles. The molecule has 5 heteroatoms. The second kappa shape index (κ2) is 6.75. The molecule has 0 saturated carbocycles. The SMILES string of the molecule is O=C[C@H](O)CCCC(c1ccccc1)[N+](=O)[O-]. The van der Waals surface area contributed by atoms with Gasteiger partial charge in [0.2, 0.25) is 6.04 Å². The number of nitro groups is 1. The van der Waals surface area contributed by atoms with Crippen LogP contribution in [-0.4, -0.2) is 22.4 Å². The fraction of sp³-hybridized carbons (Fsp3) is 0.417. The van der Waals surface area contributed by atoms with Crippen LogP contribution in [0.15, 0.2) is 30.3 Å². The zero-order valence-electron chi connectivity index (χ0n) is 9.36. The summed E-state index contributed by atoms with van der Waals surface area (Å²) >= 11 is 0. The molecule has 0 heterocycles. The number of rotatable bonds is 7. The van der Waals surface area contributed by atoms with Crippen LogP contribution in [0.1, 0.15) is 30.9 Å². The van der Waals surface area contributed by atoms with Gasteiger partial charge >= 0.3 is 0 Å². The molecule has 92 valence electrons. The van der Waals surface area contributed by atoms with Crippen molar-refractivity contribution in [3.8, 4) is 0 Å². The largest absolute Gasteiger partial charge is 0.386 e. The van der Waals surface area contributed by atoms with Gasteiger partial charge in [-0.3, -0.25) is 10.1 Å². The molecule has 0 aliphatic rings. The molecule has 0 aliphatic carbocycles. The van der Waals surface area contributed by atoms with Crippen LogP contribution in [0.25, 0.3) is 0 Å². The normalized spacial score (nSPS) is 13.9. The Kier molecular flexibility index (Phi) is 5.29. The van der Waals surface area contributed by atoms with E-state index in [-0.39, 0.29) is 11.3 Å². The van der Waals surface area contributed by atoms with Crippen molar-refractivity contribution in [3.63, 3.8) is 0 Å². The number of aldehydes is 1. The standard InChI is InChI=1S/C12H15NO4/c14-9-11(15)7-4-8-12(13(16)17)10-5-2-1-3-6-10/h1-3,5-6,9,11-12,15H,4,7-8H2/t11-,12?/m1/s1. The van der Waals surface area contributed by atoms with Crippen LogP contribution in [0.3, 0.4) is 0 Å². The van der Waals surface area contributed by atoms with E-state index in [9.17, 15) is 14.9 Å². The third kappa shape index (κ3) is 4.32. The molecule has 0 aromatic heterocycles. The van der Waals surface area contributed by atoms with Crippen molar-refractivity contribution >= 4 is 6.29 Å². The van der Waals surface area contributed by atoms with Gasteiger partial charge in [0.05, 0.1) is 0 Å². The molecule has 1 rings (SSSR count). The number of carbonyl (C=O) groups excluding carboxylic acids is 1. The summed E-state index contributed by atoms with van der Waals surface area (Å²) in [6, 6.07) is 7.97. The molecule has 0 aliphatic heterocycles. The summed E-state index contributed by atoms with van der Waals surface area (Å²) in [5, 5.41) is 20.0. The van der Waals surface area contributed by atoms with Crippen LogP contribution in [-0.2, 0) is 4.79 Å². The summed E-state index contributed by atoms with van der Waals surface area (Å²) in [5.74, 6) is 0. The quantitative estimate of drug-likeness (QED) is 0.445. The summed E-state index contributed by atoms with van der Waals surface area (Å²) in [6.45, 7) is 0. The second-order valence-corrected chi connectivity index (χ2v) is 3.85. The third-order valence-corrected chi connectivity index (χ3v) is 2.57. The molecule has 0 spiro atoms. The van der Waals surface area contributed by atoms with Crippen molar-refractivity contribution in [2.24, 2.45) is 0 Å². The van der Waals surface area contributed by atoms with E-state index in [0.29, 0.717) is 24.7 Å². The zero-order valence-corrected chi connectivity index (χ0v) is 9.36. The maximum absolute atomic E-state index is 10.9. The van der Waals surface area contributed by atoms with Gasteiger partial charge in [-0.25, -0.2) is 0 Å². The van der Waals surface area contributed by atoms with E-state index in [0.717, 1.165) is 0 Å². The average Bonchev–Trinajstić information content (AvgIpc) is 2.34. The number of aliphatic hydroxyl groups excluding tert-OH is 1. The van der Waals surface area contributed by atoms with E-state index < -0.39 is 12.1 Å². The van der Waals surface area contributed by atoms with Crippen molar-refractivity contribution in [2.45, 2.75) is 31.4 Å². The van der Waals surface area contributed by atoms with Gasteiger partial charge < -0.3 is 9.90 Å². The average molecular weight is 237 g/mol. The van der Waals surface area contributed by atoms with Gasteiger partial charge in [-0.1, -0.05) is 30.3 Å². The molecule has 0 bridgehead atoms. The lowest BCUT2D eigenvalue weighted by Crippen LogP contribution is -2.13. The molecule has 0 radical (unpaired) electrons. The Balaban J connectivity index is 2.56. The fourth-order valence-corrected chi connectivity index (χ4v) is 1.66. The van der Waals surface area contributed by atoms with Crippen molar-refractivity contribution in [2.75, 3.05) is 0 Å². The predicted molar refractivity (Wildman–Crippen MR) is 62.1 cm³/mol. The molecule has 2 atom stereocenters. The van der Waals surface area contributed by atoms with E-state index in [2.05, 4.69) is 0 Å². The molecular weight excluding hydrogens is 222 g/mol. The highest BCUT2D eigenvalue weighted by Gasteiger charge is 2.22. The Bertz CT molecular complexity index is 366.